The van der Waals surface area contributed by atoms with Crippen molar-refractivity contribution >= 4 is 11.9 Å². The van der Waals surface area contributed by atoms with E-state index >= 15 is 0 Å². The molecule has 5 nitrogen and oxygen atoms in total. The Bertz CT molecular complexity index is 289. The molecule has 0 radical (unpaired) electrons. The molecule has 0 aromatic heterocycles. The Labute approximate surface area is 95.2 Å². The van der Waals surface area contributed by atoms with Gasteiger partial charge in [0, 0.05) is 0 Å². The number of hydrogen-bond donors (Lipinski definition) is 2. The number of carbonyl (C=O) groups is 2. The predicted molar refractivity (Wildman–Crippen MR) is 58.1 cm³/mol. The summed E-state index contributed by atoms with van der Waals surface area (Å²) in [6.07, 6.45) is 2.03. The van der Waals surface area contributed by atoms with Gasteiger partial charge in [-0.3, -0.25) is 14.9 Å². The highest BCUT2D eigenvalue weighted by Gasteiger charge is 2.44. The summed E-state index contributed by atoms with van der Waals surface area (Å²) in [7, 11) is 0. The predicted octanol–water partition coefficient (Wildman–Crippen LogP) is 0.925. The van der Waals surface area contributed by atoms with Crippen molar-refractivity contribution in [1.82, 2.24) is 5.32 Å². The van der Waals surface area contributed by atoms with Crippen molar-refractivity contribution in [2.24, 2.45) is 0 Å². The van der Waals surface area contributed by atoms with Gasteiger partial charge in [-0.05, 0) is 40.0 Å². The number of carboxylic acids is 1. The lowest BCUT2D eigenvalue weighted by atomic mass is 9.77. The number of rotatable bonds is 4. The zero-order chi connectivity index (χ0) is 12.4. The molecule has 0 heterocycles. The minimum absolute atomic E-state index is 0.0520. The Kier molecular flexibility index (Phi) is 3.57. The third-order valence-corrected chi connectivity index (χ3v) is 2.61. The third-order valence-electron chi connectivity index (χ3n) is 2.61. The summed E-state index contributed by atoms with van der Waals surface area (Å²) in [4.78, 5) is 22.4. The lowest BCUT2D eigenvalue weighted by Crippen LogP contribution is -2.58. The second-order valence-electron chi connectivity index (χ2n) is 5.18. The number of aliphatic carboxylic acids is 1. The molecule has 0 bridgehead atoms. The Morgan fingerprint density at radius 3 is 2.25 bits per heavy atom. The molecular formula is C11H19NO4. The quantitative estimate of drug-likeness (QED) is 0.701. The molecule has 0 saturated heterocycles. The molecule has 0 aliphatic heterocycles. The zero-order valence-electron chi connectivity index (χ0n) is 10.0. The van der Waals surface area contributed by atoms with E-state index in [1.165, 1.54) is 0 Å². The van der Waals surface area contributed by atoms with Crippen LogP contribution in [0.15, 0.2) is 0 Å². The van der Waals surface area contributed by atoms with Gasteiger partial charge in [0.15, 0.2) is 0 Å². The standard InChI is InChI=1S/C11H19NO4/c1-10(2,3)16-8(13)7-12-11(9(14)15)5-4-6-11/h12H,4-7H2,1-3H3,(H,14,15). The first-order valence-electron chi connectivity index (χ1n) is 5.45. The second-order valence-corrected chi connectivity index (χ2v) is 5.18. The maximum Gasteiger partial charge on any atom is 0.323 e. The maximum absolute atomic E-state index is 11.4. The van der Waals surface area contributed by atoms with Gasteiger partial charge in [-0.25, -0.2) is 0 Å². The molecule has 16 heavy (non-hydrogen) atoms. The molecule has 1 rings (SSSR count). The second kappa shape index (κ2) is 4.41. The number of carboxylic acid groups (broad SMARTS) is 1. The van der Waals surface area contributed by atoms with Crippen molar-refractivity contribution in [3.63, 3.8) is 0 Å². The van der Waals surface area contributed by atoms with E-state index in [4.69, 9.17) is 9.84 Å². The molecule has 1 aliphatic rings. The first-order valence-corrected chi connectivity index (χ1v) is 5.45. The highest BCUT2D eigenvalue weighted by atomic mass is 16.6. The van der Waals surface area contributed by atoms with Crippen molar-refractivity contribution in [1.29, 1.82) is 0 Å². The van der Waals surface area contributed by atoms with Crippen LogP contribution in [0.2, 0.25) is 0 Å². The van der Waals surface area contributed by atoms with E-state index in [9.17, 15) is 9.59 Å². The molecule has 0 spiro atoms. The van der Waals surface area contributed by atoms with Gasteiger partial charge in [0.25, 0.3) is 0 Å². The Morgan fingerprint density at radius 2 is 1.94 bits per heavy atom. The largest absolute Gasteiger partial charge is 0.480 e. The van der Waals surface area contributed by atoms with Crippen LogP contribution in [0.4, 0.5) is 0 Å². The molecule has 0 unspecified atom stereocenters. The molecule has 1 aliphatic carbocycles. The monoisotopic (exact) mass is 229 g/mol. The molecule has 1 fully saturated rings. The number of hydrogen-bond acceptors (Lipinski definition) is 4. The van der Waals surface area contributed by atoms with Gasteiger partial charge in [0.05, 0.1) is 6.54 Å². The van der Waals surface area contributed by atoms with Crippen LogP contribution in [0, 0.1) is 0 Å². The van der Waals surface area contributed by atoms with Crippen LogP contribution < -0.4 is 5.32 Å². The van der Waals surface area contributed by atoms with E-state index in [0.717, 1.165) is 6.42 Å². The zero-order valence-corrected chi connectivity index (χ0v) is 10.0. The Hall–Kier alpha value is -1.10. The van der Waals surface area contributed by atoms with Crippen molar-refractivity contribution < 1.29 is 19.4 Å². The Morgan fingerprint density at radius 1 is 1.38 bits per heavy atom. The van der Waals surface area contributed by atoms with E-state index in [0.29, 0.717) is 12.8 Å². The van der Waals surface area contributed by atoms with E-state index in [1.807, 2.05) is 0 Å². The number of nitrogens with one attached hydrogen (secondary N) is 1. The smallest absolute Gasteiger partial charge is 0.323 e. The van der Waals surface area contributed by atoms with E-state index in [-0.39, 0.29) is 6.54 Å². The van der Waals surface area contributed by atoms with Gasteiger partial charge >= 0.3 is 11.9 Å². The van der Waals surface area contributed by atoms with Crippen molar-refractivity contribution in [2.45, 2.75) is 51.2 Å². The summed E-state index contributed by atoms with van der Waals surface area (Å²) in [5.41, 5.74) is -1.44. The number of esters is 1. The highest BCUT2D eigenvalue weighted by molar-refractivity contribution is 5.81. The van der Waals surface area contributed by atoms with E-state index < -0.39 is 23.1 Å². The van der Waals surface area contributed by atoms with E-state index in [1.54, 1.807) is 20.8 Å². The van der Waals surface area contributed by atoms with Gasteiger partial charge in [-0.2, -0.15) is 0 Å². The fourth-order valence-corrected chi connectivity index (χ4v) is 1.62. The lowest BCUT2D eigenvalue weighted by molar-refractivity contribution is -0.156. The maximum atomic E-state index is 11.4. The fraction of sp³-hybridized carbons (Fsp3) is 0.818. The summed E-state index contributed by atoms with van der Waals surface area (Å²) in [5.74, 6) is -1.30. The molecule has 2 N–H and O–H groups in total. The van der Waals surface area contributed by atoms with E-state index in [2.05, 4.69) is 5.32 Å². The average molecular weight is 229 g/mol. The van der Waals surface area contributed by atoms with Crippen LogP contribution in [0.25, 0.3) is 0 Å². The summed E-state index contributed by atoms with van der Waals surface area (Å²) >= 11 is 0. The van der Waals surface area contributed by atoms with Gasteiger partial charge in [-0.15, -0.1) is 0 Å². The SMILES string of the molecule is CC(C)(C)OC(=O)CNC1(C(=O)O)CCC1. The summed E-state index contributed by atoms with van der Waals surface area (Å²) < 4.78 is 5.09. The van der Waals surface area contributed by atoms with Gasteiger partial charge < -0.3 is 9.84 Å². The number of ether oxygens (including phenoxy) is 1. The van der Waals surface area contributed by atoms with Gasteiger partial charge in [0.2, 0.25) is 0 Å². The first-order chi connectivity index (χ1) is 7.25. The van der Waals surface area contributed by atoms with Crippen LogP contribution in [0.3, 0.4) is 0 Å². The van der Waals surface area contributed by atoms with Crippen LogP contribution >= 0.6 is 0 Å². The van der Waals surface area contributed by atoms with Crippen LogP contribution in [0.1, 0.15) is 40.0 Å². The average Bonchev–Trinajstić information content (AvgIpc) is 1.97. The summed E-state index contributed by atoms with van der Waals surface area (Å²) in [6, 6.07) is 0. The Balaban J connectivity index is 2.39. The van der Waals surface area contributed by atoms with Gasteiger partial charge in [-0.1, -0.05) is 0 Å². The van der Waals surface area contributed by atoms with Crippen molar-refractivity contribution in [3.05, 3.63) is 0 Å². The summed E-state index contributed by atoms with van der Waals surface area (Å²) in [6.45, 7) is 5.28. The third kappa shape index (κ3) is 3.20. The normalized spacial score (nSPS) is 18.7. The molecular weight excluding hydrogens is 210 g/mol. The minimum Gasteiger partial charge on any atom is -0.480 e. The van der Waals surface area contributed by atoms with Crippen LogP contribution in [-0.2, 0) is 14.3 Å². The van der Waals surface area contributed by atoms with Crippen molar-refractivity contribution in [2.75, 3.05) is 6.54 Å². The molecule has 0 aromatic carbocycles. The highest BCUT2D eigenvalue weighted by Crippen LogP contribution is 2.31. The van der Waals surface area contributed by atoms with Crippen molar-refractivity contribution in [3.8, 4) is 0 Å². The van der Waals surface area contributed by atoms with Crippen LogP contribution in [-0.4, -0.2) is 34.7 Å². The first kappa shape index (κ1) is 13.0. The van der Waals surface area contributed by atoms with Crippen LogP contribution in [0.5, 0.6) is 0 Å². The summed E-state index contributed by atoms with van der Waals surface area (Å²) in [5, 5.41) is 11.8. The van der Waals surface area contributed by atoms with Gasteiger partial charge in [0.1, 0.15) is 11.1 Å². The molecule has 92 valence electrons. The lowest BCUT2D eigenvalue weighted by Gasteiger charge is -2.38. The topological polar surface area (TPSA) is 75.6 Å². The molecule has 0 aromatic rings. The molecule has 0 atom stereocenters. The molecule has 0 amide bonds. The molecule has 1 saturated carbocycles. The molecule has 5 heteroatoms. The minimum atomic E-state index is -0.906. The number of carbonyl (C=O) groups excluding carboxylic acids is 1. The fourth-order valence-electron chi connectivity index (χ4n) is 1.62.